The van der Waals surface area contributed by atoms with E-state index >= 15 is 0 Å². The minimum absolute atomic E-state index is 0.347. The molecule has 0 aromatic carbocycles. The average molecular weight is 171 g/mol. The Bertz CT molecular complexity index is 350. The second-order valence-electron chi connectivity index (χ2n) is 3.34. The monoisotopic (exact) mass is 171 g/mol. The van der Waals surface area contributed by atoms with Crippen LogP contribution in [-0.4, -0.2) is 11.9 Å². The van der Waals surface area contributed by atoms with Crippen molar-refractivity contribution in [1.29, 1.82) is 0 Å². The van der Waals surface area contributed by atoms with Crippen LogP contribution in [0, 0.1) is 0 Å². The van der Waals surface area contributed by atoms with Gasteiger partial charge in [-0.1, -0.05) is 4.68 Å². The molecule has 5 heteroatoms. The normalized spacial score (nSPS) is 20.5. The van der Waals surface area contributed by atoms with Gasteiger partial charge in [-0.25, -0.2) is 4.79 Å². The van der Waals surface area contributed by atoms with Gasteiger partial charge in [-0.2, -0.15) is 0 Å². The van der Waals surface area contributed by atoms with Crippen molar-refractivity contribution >= 4 is 0 Å². The molecule has 1 aliphatic heterocycles. The van der Waals surface area contributed by atoms with Gasteiger partial charge in [0.2, 0.25) is 0 Å². The van der Waals surface area contributed by atoms with Gasteiger partial charge in [-0.05, 0) is 19.1 Å². The van der Waals surface area contributed by atoms with Crippen LogP contribution in [0.3, 0.4) is 0 Å². The fraction of sp³-hybridized carbons (Fsp3) is 0.714. The number of aromatic nitrogens is 2. The number of hydrogen-bond donors (Lipinski definition) is 1. The number of fused-ring (bicyclic) bond motifs is 1. The maximum Gasteiger partial charge on any atom is 0.433 e. The number of hydrogen-bond acceptors (Lipinski definition) is 3. The van der Waals surface area contributed by atoms with Crippen LogP contribution in [0.15, 0.2) is 9.32 Å². The summed E-state index contributed by atoms with van der Waals surface area (Å²) in [6.07, 6.45) is 0. The Balaban J connectivity index is 2.63. The van der Waals surface area contributed by atoms with E-state index in [-0.39, 0.29) is 5.63 Å². The molecule has 1 N–H and O–H groups in total. The SMILES string of the molecule is CC1(C)OCC[n+]2[nH]oc(=O)c21. The molecular weight excluding hydrogens is 160 g/mol. The fourth-order valence-electron chi connectivity index (χ4n) is 1.49. The van der Waals surface area contributed by atoms with E-state index in [1.165, 1.54) is 0 Å². The molecule has 0 fully saturated rings. The third kappa shape index (κ3) is 0.896. The molecule has 0 radical (unpaired) electrons. The molecule has 1 aliphatic rings. The van der Waals surface area contributed by atoms with Gasteiger partial charge in [-0.3, -0.25) is 4.52 Å². The van der Waals surface area contributed by atoms with E-state index in [2.05, 4.69) is 9.79 Å². The second-order valence-corrected chi connectivity index (χ2v) is 3.34. The van der Waals surface area contributed by atoms with Gasteiger partial charge < -0.3 is 4.74 Å². The van der Waals surface area contributed by atoms with Crippen LogP contribution in [0.4, 0.5) is 0 Å². The highest BCUT2D eigenvalue weighted by Crippen LogP contribution is 2.20. The predicted molar refractivity (Wildman–Crippen MR) is 38.5 cm³/mol. The lowest BCUT2D eigenvalue weighted by Gasteiger charge is -2.22. The topological polar surface area (TPSA) is 59.1 Å². The average Bonchev–Trinajstić information content (AvgIpc) is 2.32. The van der Waals surface area contributed by atoms with E-state index in [1.54, 1.807) is 4.68 Å². The van der Waals surface area contributed by atoms with Crippen molar-refractivity contribution in [3.05, 3.63) is 16.1 Å². The van der Waals surface area contributed by atoms with Gasteiger partial charge in [-0.15, -0.1) is 0 Å². The summed E-state index contributed by atoms with van der Waals surface area (Å²) in [7, 11) is 0. The van der Waals surface area contributed by atoms with E-state index < -0.39 is 5.60 Å². The third-order valence-corrected chi connectivity index (χ3v) is 2.06. The van der Waals surface area contributed by atoms with E-state index in [9.17, 15) is 4.79 Å². The second kappa shape index (κ2) is 2.20. The van der Waals surface area contributed by atoms with Crippen molar-refractivity contribution in [3.8, 4) is 0 Å². The van der Waals surface area contributed by atoms with Gasteiger partial charge in [0.1, 0.15) is 6.61 Å². The lowest BCUT2D eigenvalue weighted by Crippen LogP contribution is -2.53. The quantitative estimate of drug-likeness (QED) is 0.536. The molecule has 0 spiro atoms. The van der Waals surface area contributed by atoms with Crippen molar-refractivity contribution in [2.24, 2.45) is 0 Å². The lowest BCUT2D eigenvalue weighted by atomic mass is 10.0. The number of nitrogens with one attached hydrogen (secondary N) is 1. The van der Waals surface area contributed by atoms with Gasteiger partial charge in [0.25, 0.3) is 0 Å². The highest BCUT2D eigenvalue weighted by molar-refractivity contribution is 4.97. The first-order valence-corrected chi connectivity index (χ1v) is 3.87. The van der Waals surface area contributed by atoms with E-state index in [1.807, 2.05) is 13.8 Å². The van der Waals surface area contributed by atoms with Crippen LogP contribution in [0.5, 0.6) is 0 Å². The van der Waals surface area contributed by atoms with Crippen LogP contribution in [0.1, 0.15) is 19.5 Å². The van der Waals surface area contributed by atoms with E-state index in [4.69, 9.17) is 4.74 Å². The zero-order valence-corrected chi connectivity index (χ0v) is 7.09. The molecule has 0 atom stereocenters. The van der Waals surface area contributed by atoms with Gasteiger partial charge in [0.05, 0.1) is 0 Å². The summed E-state index contributed by atoms with van der Waals surface area (Å²) in [4.78, 5) is 11.2. The molecule has 66 valence electrons. The summed E-state index contributed by atoms with van der Waals surface area (Å²) in [6.45, 7) is 4.94. The van der Waals surface area contributed by atoms with Crippen LogP contribution in [-0.2, 0) is 16.9 Å². The number of nitrogens with zero attached hydrogens (tertiary/aromatic N) is 1. The molecule has 12 heavy (non-hydrogen) atoms. The molecule has 0 saturated carbocycles. The van der Waals surface area contributed by atoms with Crippen molar-refractivity contribution in [2.45, 2.75) is 26.0 Å². The van der Waals surface area contributed by atoms with Crippen molar-refractivity contribution < 1.29 is 13.9 Å². The smallest absolute Gasteiger partial charge is 0.357 e. The molecule has 1 aromatic rings. The van der Waals surface area contributed by atoms with Gasteiger partial charge >= 0.3 is 11.3 Å². The largest absolute Gasteiger partial charge is 0.433 e. The molecule has 0 unspecified atom stereocenters. The van der Waals surface area contributed by atoms with Gasteiger partial charge in [0, 0.05) is 0 Å². The Morgan fingerprint density at radius 3 is 3.00 bits per heavy atom. The Hall–Kier alpha value is -1.10. The molecule has 0 bridgehead atoms. The first kappa shape index (κ1) is 7.54. The molecule has 2 rings (SSSR count). The lowest BCUT2D eigenvalue weighted by molar-refractivity contribution is -0.784. The van der Waals surface area contributed by atoms with E-state index in [0.717, 1.165) is 0 Å². The van der Waals surface area contributed by atoms with Gasteiger partial charge in [0.15, 0.2) is 12.1 Å². The summed E-state index contributed by atoms with van der Waals surface area (Å²) in [5, 5.41) is 2.53. The molecular formula is C7H11N2O3+. The molecule has 0 aliphatic carbocycles. The maximum absolute atomic E-state index is 11.2. The maximum atomic E-state index is 11.2. The standard InChI is InChI=1S/C7H10N2O3/c1-7(2)5-6(10)12-8-9(5)3-4-11-7/h3-4H2,1-2H3/p+1. The molecule has 0 saturated heterocycles. The minimum Gasteiger partial charge on any atom is -0.357 e. The van der Waals surface area contributed by atoms with Crippen molar-refractivity contribution in [3.63, 3.8) is 0 Å². The Morgan fingerprint density at radius 2 is 2.33 bits per heavy atom. The Kier molecular flexibility index (Phi) is 1.38. The summed E-state index contributed by atoms with van der Waals surface area (Å²) >= 11 is 0. The molecule has 2 heterocycles. The van der Waals surface area contributed by atoms with Crippen molar-refractivity contribution in [1.82, 2.24) is 5.27 Å². The number of aromatic amines is 1. The zero-order valence-electron chi connectivity index (χ0n) is 7.09. The highest BCUT2D eigenvalue weighted by Gasteiger charge is 2.41. The number of H-pyrrole nitrogens is 1. The van der Waals surface area contributed by atoms with Crippen LogP contribution in [0.25, 0.3) is 0 Å². The molecule has 1 aromatic heterocycles. The summed E-state index contributed by atoms with van der Waals surface area (Å²) in [5.41, 5.74) is -0.341. The summed E-state index contributed by atoms with van der Waals surface area (Å²) in [6, 6.07) is 0. The first-order valence-electron chi connectivity index (χ1n) is 3.87. The number of rotatable bonds is 0. The zero-order chi connectivity index (χ0) is 8.77. The van der Waals surface area contributed by atoms with Crippen LogP contribution in [0.2, 0.25) is 0 Å². The van der Waals surface area contributed by atoms with Crippen molar-refractivity contribution in [2.75, 3.05) is 6.61 Å². The Morgan fingerprint density at radius 1 is 1.58 bits per heavy atom. The molecule has 0 amide bonds. The summed E-state index contributed by atoms with van der Waals surface area (Å²) < 4.78 is 11.8. The van der Waals surface area contributed by atoms with Crippen LogP contribution >= 0.6 is 0 Å². The fourth-order valence-corrected chi connectivity index (χ4v) is 1.49. The first-order chi connectivity index (χ1) is 5.61. The predicted octanol–water partition coefficient (Wildman–Crippen LogP) is -0.479. The Labute approximate surface area is 68.9 Å². The summed E-state index contributed by atoms with van der Waals surface area (Å²) in [5.74, 6) is 0. The third-order valence-electron chi connectivity index (χ3n) is 2.06. The van der Waals surface area contributed by atoms with E-state index in [0.29, 0.717) is 18.8 Å². The number of ether oxygens (including phenoxy) is 1. The molecule has 5 nitrogen and oxygen atoms in total. The highest BCUT2D eigenvalue weighted by atomic mass is 16.5. The van der Waals surface area contributed by atoms with Crippen LogP contribution < -0.4 is 10.3 Å². The minimum atomic E-state index is -0.543.